The highest BCUT2D eigenvalue weighted by Crippen LogP contribution is 2.44. The first-order valence-electron chi connectivity index (χ1n) is 5.18. The Morgan fingerprint density at radius 3 is 2.81 bits per heavy atom. The molecule has 0 amide bonds. The zero-order valence-electron chi connectivity index (χ0n) is 8.62. The van der Waals surface area contributed by atoms with Gasteiger partial charge in [-0.25, -0.2) is 8.78 Å². The monoisotopic (exact) mass is 226 g/mol. The summed E-state index contributed by atoms with van der Waals surface area (Å²) in [7, 11) is 0. The Morgan fingerprint density at radius 1 is 1.44 bits per heavy atom. The van der Waals surface area contributed by atoms with E-state index in [1.54, 1.807) is 12.1 Å². The largest absolute Gasteiger partial charge is 0.481 e. The molecule has 1 aliphatic rings. The van der Waals surface area contributed by atoms with Crippen molar-refractivity contribution in [2.45, 2.75) is 31.1 Å². The normalized spacial score (nSPS) is 19.5. The number of aryl methyl sites for hydroxylation is 1. The molecule has 2 nitrogen and oxygen atoms in total. The third-order valence-electron chi connectivity index (χ3n) is 3.03. The molecule has 2 rings (SSSR count). The van der Waals surface area contributed by atoms with Crippen molar-refractivity contribution in [2.75, 3.05) is 0 Å². The van der Waals surface area contributed by atoms with Gasteiger partial charge in [-0.15, -0.1) is 0 Å². The molecule has 1 aromatic rings. The van der Waals surface area contributed by atoms with Crippen LogP contribution >= 0.6 is 0 Å². The zero-order valence-corrected chi connectivity index (χ0v) is 8.62. The Kier molecular flexibility index (Phi) is 2.66. The molecule has 16 heavy (non-hydrogen) atoms. The average molecular weight is 226 g/mol. The molecular formula is C12H12F2O2. The van der Waals surface area contributed by atoms with Gasteiger partial charge in [0, 0.05) is 5.92 Å². The Morgan fingerprint density at radius 2 is 2.12 bits per heavy atom. The van der Waals surface area contributed by atoms with Crippen molar-refractivity contribution >= 4 is 5.97 Å². The molecule has 0 radical (unpaired) electrons. The highest BCUT2D eigenvalue weighted by molar-refractivity contribution is 5.68. The summed E-state index contributed by atoms with van der Waals surface area (Å²) in [6, 6.07) is 7.03. The number of hydrogen-bond donors (Lipinski definition) is 1. The number of alkyl halides is 2. The second kappa shape index (κ2) is 3.85. The summed E-state index contributed by atoms with van der Waals surface area (Å²) in [4.78, 5) is 10.4. The molecule has 1 atom stereocenters. The van der Waals surface area contributed by atoms with Crippen LogP contribution in [-0.2, 0) is 11.2 Å². The summed E-state index contributed by atoms with van der Waals surface area (Å²) in [5, 5.41) is 8.48. The fourth-order valence-corrected chi connectivity index (χ4v) is 2.32. The van der Waals surface area contributed by atoms with Gasteiger partial charge in [0.05, 0.1) is 0 Å². The van der Waals surface area contributed by atoms with Crippen LogP contribution in [0.5, 0.6) is 0 Å². The summed E-state index contributed by atoms with van der Waals surface area (Å²) in [5.74, 6) is -5.55. The summed E-state index contributed by atoms with van der Waals surface area (Å²) < 4.78 is 27.4. The number of carboxylic acids is 1. The minimum absolute atomic E-state index is 0.333. The van der Waals surface area contributed by atoms with Crippen LogP contribution in [0.15, 0.2) is 24.3 Å². The Bertz CT molecular complexity index is 415. The lowest BCUT2D eigenvalue weighted by Gasteiger charge is -2.22. The van der Waals surface area contributed by atoms with Crippen LogP contribution in [0.3, 0.4) is 0 Å². The maximum absolute atomic E-state index is 13.7. The molecule has 0 saturated heterocycles. The number of carbonyl (C=O) groups is 1. The van der Waals surface area contributed by atoms with Gasteiger partial charge in [-0.1, -0.05) is 24.3 Å². The van der Waals surface area contributed by atoms with Crippen LogP contribution in [-0.4, -0.2) is 17.0 Å². The van der Waals surface area contributed by atoms with Gasteiger partial charge in [-0.3, -0.25) is 4.79 Å². The lowest BCUT2D eigenvalue weighted by molar-refractivity contribution is -0.146. The van der Waals surface area contributed by atoms with Crippen LogP contribution < -0.4 is 0 Å². The van der Waals surface area contributed by atoms with Gasteiger partial charge < -0.3 is 5.11 Å². The predicted octanol–water partition coefficient (Wildman–Crippen LogP) is 2.83. The molecule has 0 bridgehead atoms. The van der Waals surface area contributed by atoms with E-state index in [0.717, 1.165) is 5.56 Å². The van der Waals surface area contributed by atoms with E-state index in [1.165, 1.54) is 0 Å². The topological polar surface area (TPSA) is 37.3 Å². The smallest absolute Gasteiger partial charge is 0.309 e. The van der Waals surface area contributed by atoms with Gasteiger partial charge in [0.15, 0.2) is 0 Å². The van der Waals surface area contributed by atoms with Crippen LogP contribution in [0.1, 0.15) is 29.9 Å². The highest BCUT2D eigenvalue weighted by atomic mass is 19.3. The number of hydrogen-bond acceptors (Lipinski definition) is 1. The SMILES string of the molecule is O=C(O)CC(F)(F)C1CCc2ccccc21. The lowest BCUT2D eigenvalue weighted by Crippen LogP contribution is -2.28. The fraction of sp³-hybridized carbons (Fsp3) is 0.417. The van der Waals surface area contributed by atoms with Crippen molar-refractivity contribution in [3.63, 3.8) is 0 Å². The van der Waals surface area contributed by atoms with E-state index in [-0.39, 0.29) is 0 Å². The molecule has 0 saturated carbocycles. The Hall–Kier alpha value is -1.45. The molecule has 0 heterocycles. The second-order valence-electron chi connectivity index (χ2n) is 4.12. The minimum Gasteiger partial charge on any atom is -0.481 e. The van der Waals surface area contributed by atoms with Crippen molar-refractivity contribution in [1.29, 1.82) is 0 Å². The quantitative estimate of drug-likeness (QED) is 0.860. The standard InChI is InChI=1S/C12H12F2O2/c13-12(14,7-11(15)16)10-6-5-8-3-1-2-4-9(8)10/h1-4,10H,5-7H2,(H,15,16). The van der Waals surface area contributed by atoms with Gasteiger partial charge in [0.2, 0.25) is 0 Å². The molecule has 0 aliphatic heterocycles. The van der Waals surface area contributed by atoms with E-state index in [9.17, 15) is 13.6 Å². The summed E-state index contributed by atoms with van der Waals surface area (Å²) in [6.45, 7) is 0. The third-order valence-corrected chi connectivity index (χ3v) is 3.03. The molecule has 0 spiro atoms. The maximum atomic E-state index is 13.7. The van der Waals surface area contributed by atoms with Gasteiger partial charge in [0.1, 0.15) is 6.42 Å². The number of benzene rings is 1. The van der Waals surface area contributed by atoms with E-state index >= 15 is 0 Å². The number of rotatable bonds is 3. The van der Waals surface area contributed by atoms with Crippen molar-refractivity contribution in [3.05, 3.63) is 35.4 Å². The first-order valence-corrected chi connectivity index (χ1v) is 5.18. The van der Waals surface area contributed by atoms with Crippen LogP contribution in [0.25, 0.3) is 0 Å². The first-order chi connectivity index (χ1) is 7.50. The summed E-state index contributed by atoms with van der Waals surface area (Å²) in [6.07, 6.45) is -0.151. The fourth-order valence-electron chi connectivity index (χ4n) is 2.32. The molecule has 86 valence electrons. The number of fused-ring (bicyclic) bond motifs is 1. The van der Waals surface area contributed by atoms with Crippen molar-refractivity contribution in [2.24, 2.45) is 0 Å². The van der Waals surface area contributed by atoms with Gasteiger partial charge in [-0.2, -0.15) is 0 Å². The molecule has 4 heteroatoms. The predicted molar refractivity (Wildman–Crippen MR) is 54.7 cm³/mol. The molecule has 1 aliphatic carbocycles. The van der Waals surface area contributed by atoms with E-state index in [1.807, 2.05) is 12.1 Å². The second-order valence-corrected chi connectivity index (χ2v) is 4.12. The summed E-state index contributed by atoms with van der Waals surface area (Å²) >= 11 is 0. The van der Waals surface area contributed by atoms with E-state index < -0.39 is 24.2 Å². The van der Waals surface area contributed by atoms with Gasteiger partial charge >= 0.3 is 5.97 Å². The van der Waals surface area contributed by atoms with Crippen LogP contribution in [0.2, 0.25) is 0 Å². The highest BCUT2D eigenvalue weighted by Gasteiger charge is 2.45. The molecule has 1 aromatic carbocycles. The molecular weight excluding hydrogens is 214 g/mol. The van der Waals surface area contributed by atoms with E-state index in [0.29, 0.717) is 18.4 Å². The number of carboxylic acid groups (broad SMARTS) is 1. The third kappa shape index (κ3) is 1.92. The molecule has 1 N–H and O–H groups in total. The maximum Gasteiger partial charge on any atom is 0.309 e. The van der Waals surface area contributed by atoms with Crippen molar-refractivity contribution < 1.29 is 18.7 Å². The molecule has 1 unspecified atom stereocenters. The van der Waals surface area contributed by atoms with Crippen molar-refractivity contribution in [1.82, 2.24) is 0 Å². The summed E-state index contributed by atoms with van der Waals surface area (Å²) in [5.41, 5.74) is 1.52. The van der Waals surface area contributed by atoms with Crippen LogP contribution in [0, 0.1) is 0 Å². The zero-order chi connectivity index (χ0) is 11.8. The first kappa shape index (κ1) is 11.0. The lowest BCUT2D eigenvalue weighted by atomic mass is 9.92. The average Bonchev–Trinajstić information content (AvgIpc) is 2.59. The Balaban J connectivity index is 2.27. The number of aliphatic carboxylic acids is 1. The van der Waals surface area contributed by atoms with Crippen LogP contribution in [0.4, 0.5) is 8.78 Å². The Labute approximate surface area is 91.9 Å². The minimum atomic E-state index is -3.15. The van der Waals surface area contributed by atoms with Gasteiger partial charge in [0.25, 0.3) is 5.92 Å². The molecule has 0 fully saturated rings. The van der Waals surface area contributed by atoms with E-state index in [4.69, 9.17) is 5.11 Å². The van der Waals surface area contributed by atoms with E-state index in [2.05, 4.69) is 0 Å². The number of halogens is 2. The molecule has 0 aromatic heterocycles. The van der Waals surface area contributed by atoms with Crippen molar-refractivity contribution in [3.8, 4) is 0 Å². The van der Waals surface area contributed by atoms with Gasteiger partial charge in [-0.05, 0) is 24.0 Å².